The molecule has 3 aromatic rings. The minimum atomic E-state index is -3.72. The van der Waals surface area contributed by atoms with Gasteiger partial charge in [0.05, 0.1) is 10.6 Å². The second-order valence-corrected chi connectivity index (χ2v) is 7.93. The molecule has 0 saturated heterocycles. The number of carbonyl (C=O) groups excluding carboxylic acids is 1. The van der Waals surface area contributed by atoms with E-state index in [-0.39, 0.29) is 22.9 Å². The van der Waals surface area contributed by atoms with Crippen LogP contribution in [0, 0.1) is 0 Å². The highest BCUT2D eigenvalue weighted by Crippen LogP contribution is 2.14. The summed E-state index contributed by atoms with van der Waals surface area (Å²) in [6.07, 6.45) is 0.503. The zero-order valence-electron chi connectivity index (χ0n) is 15.5. The summed E-state index contributed by atoms with van der Waals surface area (Å²) in [4.78, 5) is 24.2. The first-order chi connectivity index (χ1) is 13.8. The van der Waals surface area contributed by atoms with Crippen molar-refractivity contribution in [2.75, 3.05) is 6.54 Å². The van der Waals surface area contributed by atoms with E-state index in [1.165, 1.54) is 18.2 Å². The van der Waals surface area contributed by atoms with Gasteiger partial charge >= 0.3 is 0 Å². The minimum Gasteiger partial charge on any atom is -0.354 e. The average Bonchev–Trinajstić information content (AvgIpc) is 2.70. The summed E-state index contributed by atoms with van der Waals surface area (Å²) < 4.78 is 23.6. The van der Waals surface area contributed by atoms with Crippen LogP contribution in [0.5, 0.6) is 0 Å². The summed E-state index contributed by atoms with van der Waals surface area (Å²) >= 11 is 0. The molecule has 9 heteroatoms. The summed E-state index contributed by atoms with van der Waals surface area (Å²) in [5.74, 6) is -0.342. The lowest BCUT2D eigenvalue weighted by molar-refractivity contribution is -0.121. The van der Waals surface area contributed by atoms with Gasteiger partial charge in [0.1, 0.15) is 6.54 Å². The predicted molar refractivity (Wildman–Crippen MR) is 108 cm³/mol. The molecule has 0 atom stereocenters. The van der Waals surface area contributed by atoms with Crippen molar-refractivity contribution in [2.45, 2.75) is 17.9 Å². The van der Waals surface area contributed by atoms with Crippen LogP contribution >= 0.6 is 0 Å². The van der Waals surface area contributed by atoms with Crippen LogP contribution in [0.15, 0.2) is 76.4 Å². The van der Waals surface area contributed by atoms with E-state index in [0.717, 1.165) is 15.8 Å². The maximum atomic E-state index is 12.2. The van der Waals surface area contributed by atoms with Crippen LogP contribution in [0.3, 0.4) is 0 Å². The number of aromatic nitrogens is 2. The summed E-state index contributed by atoms with van der Waals surface area (Å²) in [7, 11) is -3.72. The Hall–Kier alpha value is -3.30. The van der Waals surface area contributed by atoms with Crippen molar-refractivity contribution >= 4 is 15.9 Å². The minimum absolute atomic E-state index is 0.0361. The molecule has 0 bridgehead atoms. The lowest BCUT2D eigenvalue weighted by Gasteiger charge is -2.09. The third-order valence-electron chi connectivity index (χ3n) is 4.22. The lowest BCUT2D eigenvalue weighted by Crippen LogP contribution is -2.34. The fourth-order valence-electron chi connectivity index (χ4n) is 2.71. The molecule has 0 aliphatic heterocycles. The predicted octanol–water partition coefficient (Wildman–Crippen LogP) is 0.917. The van der Waals surface area contributed by atoms with Crippen LogP contribution < -0.4 is 16.0 Å². The van der Waals surface area contributed by atoms with E-state index < -0.39 is 10.0 Å². The molecule has 0 aliphatic carbocycles. The number of sulfonamides is 1. The Bertz CT molecular complexity index is 1160. The number of rotatable bonds is 7. The van der Waals surface area contributed by atoms with Gasteiger partial charge in [-0.25, -0.2) is 18.2 Å². The Morgan fingerprint density at radius 3 is 2.34 bits per heavy atom. The topological polar surface area (TPSA) is 124 Å². The highest BCUT2D eigenvalue weighted by Gasteiger charge is 2.09. The number of hydrogen-bond acceptors (Lipinski definition) is 5. The molecular formula is C20H20N4O4S. The van der Waals surface area contributed by atoms with E-state index in [0.29, 0.717) is 18.7 Å². The Morgan fingerprint density at radius 2 is 1.69 bits per heavy atom. The first-order valence-corrected chi connectivity index (χ1v) is 10.4. The second-order valence-electron chi connectivity index (χ2n) is 6.37. The van der Waals surface area contributed by atoms with Gasteiger partial charge < -0.3 is 5.32 Å². The number of nitrogens with two attached hydrogens (primary N) is 1. The van der Waals surface area contributed by atoms with E-state index in [9.17, 15) is 18.0 Å². The number of primary sulfonamides is 1. The monoisotopic (exact) mass is 412 g/mol. The van der Waals surface area contributed by atoms with Gasteiger partial charge in [-0.15, -0.1) is 0 Å². The Kier molecular flexibility index (Phi) is 6.20. The molecule has 0 fully saturated rings. The van der Waals surface area contributed by atoms with E-state index in [1.54, 1.807) is 18.2 Å². The molecule has 0 spiro atoms. The number of carbonyl (C=O) groups is 1. The van der Waals surface area contributed by atoms with Crippen LogP contribution in [-0.4, -0.2) is 30.7 Å². The van der Waals surface area contributed by atoms with Crippen LogP contribution in [-0.2, 0) is 27.8 Å². The Balaban J connectivity index is 1.58. The largest absolute Gasteiger partial charge is 0.354 e. The number of amides is 1. The molecule has 1 heterocycles. The molecule has 0 aliphatic rings. The van der Waals surface area contributed by atoms with Gasteiger partial charge in [-0.05, 0) is 30.2 Å². The van der Waals surface area contributed by atoms with E-state index in [4.69, 9.17) is 5.14 Å². The summed E-state index contributed by atoms with van der Waals surface area (Å²) in [5, 5.41) is 12.0. The fraction of sp³-hybridized carbons (Fsp3) is 0.150. The van der Waals surface area contributed by atoms with Gasteiger partial charge in [-0.3, -0.25) is 9.59 Å². The highest BCUT2D eigenvalue weighted by atomic mass is 32.2. The molecule has 0 unspecified atom stereocenters. The molecular weight excluding hydrogens is 392 g/mol. The van der Waals surface area contributed by atoms with E-state index in [1.807, 2.05) is 30.3 Å². The molecule has 2 aromatic carbocycles. The molecule has 1 aromatic heterocycles. The first kappa shape index (κ1) is 20.4. The SMILES string of the molecule is NS(=O)(=O)c1ccc(CCNC(=O)Cn2nc(-c3ccccc3)ccc2=O)cc1. The Labute approximate surface area is 168 Å². The van der Waals surface area contributed by atoms with Gasteiger partial charge in [0.25, 0.3) is 5.56 Å². The fourth-order valence-corrected chi connectivity index (χ4v) is 3.22. The van der Waals surface area contributed by atoms with Crippen molar-refractivity contribution in [2.24, 2.45) is 5.14 Å². The summed E-state index contributed by atoms with van der Waals surface area (Å²) in [6.45, 7) is 0.143. The van der Waals surface area contributed by atoms with Crippen LogP contribution in [0.1, 0.15) is 5.56 Å². The molecule has 150 valence electrons. The number of hydrogen-bond donors (Lipinski definition) is 2. The number of nitrogens with zero attached hydrogens (tertiary/aromatic N) is 2. The van der Waals surface area contributed by atoms with Gasteiger partial charge in [-0.1, -0.05) is 42.5 Å². The molecule has 8 nitrogen and oxygen atoms in total. The zero-order valence-corrected chi connectivity index (χ0v) is 16.3. The van der Waals surface area contributed by atoms with Crippen LogP contribution in [0.4, 0.5) is 0 Å². The van der Waals surface area contributed by atoms with Crippen LogP contribution in [0.2, 0.25) is 0 Å². The van der Waals surface area contributed by atoms with Crippen molar-refractivity contribution in [3.05, 3.63) is 82.6 Å². The van der Waals surface area contributed by atoms with Crippen molar-refractivity contribution in [3.8, 4) is 11.3 Å². The van der Waals surface area contributed by atoms with Gasteiger partial charge in [0.2, 0.25) is 15.9 Å². The maximum absolute atomic E-state index is 12.2. The second kappa shape index (κ2) is 8.80. The van der Waals surface area contributed by atoms with E-state index >= 15 is 0 Å². The summed E-state index contributed by atoms with van der Waals surface area (Å²) in [6, 6.07) is 18.5. The van der Waals surface area contributed by atoms with Gasteiger partial charge in [0, 0.05) is 18.2 Å². The third-order valence-corrected chi connectivity index (χ3v) is 5.15. The number of benzene rings is 2. The van der Waals surface area contributed by atoms with Crippen molar-refractivity contribution < 1.29 is 13.2 Å². The van der Waals surface area contributed by atoms with Gasteiger partial charge in [-0.2, -0.15) is 5.10 Å². The molecule has 3 rings (SSSR count). The highest BCUT2D eigenvalue weighted by molar-refractivity contribution is 7.89. The maximum Gasteiger partial charge on any atom is 0.267 e. The van der Waals surface area contributed by atoms with Crippen molar-refractivity contribution in [3.63, 3.8) is 0 Å². The first-order valence-electron chi connectivity index (χ1n) is 8.85. The Morgan fingerprint density at radius 1 is 1.00 bits per heavy atom. The third kappa shape index (κ3) is 5.59. The smallest absolute Gasteiger partial charge is 0.267 e. The summed E-state index contributed by atoms with van der Waals surface area (Å²) in [5.41, 5.74) is 1.94. The lowest BCUT2D eigenvalue weighted by atomic mass is 10.1. The van der Waals surface area contributed by atoms with Crippen molar-refractivity contribution in [1.29, 1.82) is 0 Å². The zero-order chi connectivity index (χ0) is 20.9. The van der Waals surface area contributed by atoms with Gasteiger partial charge in [0.15, 0.2) is 0 Å². The van der Waals surface area contributed by atoms with E-state index in [2.05, 4.69) is 10.4 Å². The average molecular weight is 412 g/mol. The molecule has 3 N–H and O–H groups in total. The molecule has 0 saturated carbocycles. The molecule has 1 amide bonds. The van der Waals surface area contributed by atoms with Crippen molar-refractivity contribution in [1.82, 2.24) is 15.1 Å². The normalized spacial score (nSPS) is 11.2. The molecule has 29 heavy (non-hydrogen) atoms. The van der Waals surface area contributed by atoms with Crippen LogP contribution in [0.25, 0.3) is 11.3 Å². The molecule has 0 radical (unpaired) electrons. The quantitative estimate of drug-likeness (QED) is 0.597. The number of nitrogens with one attached hydrogen (secondary N) is 1. The standard InChI is InChI=1S/C20H20N4O4S/c21-29(27,28)17-8-6-15(7-9-17)12-13-22-19(25)14-24-20(26)11-10-18(23-24)16-4-2-1-3-5-16/h1-11H,12-14H2,(H,22,25)(H2,21,27,28).